The van der Waals surface area contributed by atoms with Gasteiger partial charge in [0.25, 0.3) is 0 Å². The van der Waals surface area contributed by atoms with Crippen molar-refractivity contribution in [3.05, 3.63) is 12.2 Å². The molecule has 2 atom stereocenters. The average Bonchev–Trinajstić information content (AvgIpc) is 2.62. The lowest BCUT2D eigenvalue weighted by atomic mass is 9.93. The van der Waals surface area contributed by atoms with E-state index in [0.29, 0.717) is 0 Å². The van der Waals surface area contributed by atoms with Gasteiger partial charge in [-0.25, -0.2) is 0 Å². The molecule has 1 aliphatic heterocycles. The maximum Gasteiger partial charge on any atom is 0.0139 e. The van der Waals surface area contributed by atoms with Crippen LogP contribution in [0.1, 0.15) is 26.2 Å². The lowest BCUT2D eigenvalue weighted by molar-refractivity contribution is 0.167. The van der Waals surface area contributed by atoms with Gasteiger partial charge in [0.1, 0.15) is 0 Å². The fraction of sp³-hybridized carbons (Fsp3) is 0.833. The van der Waals surface area contributed by atoms with Gasteiger partial charge in [-0.15, -0.1) is 0 Å². The molecule has 0 aromatic rings. The second kappa shape index (κ2) is 4.45. The highest BCUT2D eigenvalue weighted by Gasteiger charge is 2.26. The lowest BCUT2D eigenvalue weighted by Crippen LogP contribution is -2.49. The first kappa shape index (κ1) is 10.2. The van der Waals surface area contributed by atoms with Gasteiger partial charge in [0.2, 0.25) is 0 Å². The first-order chi connectivity index (χ1) is 6.75. The molecule has 0 bridgehead atoms. The van der Waals surface area contributed by atoms with Gasteiger partial charge in [-0.3, -0.25) is 0 Å². The number of nitrogens with zero attached hydrogens (tertiary/aromatic N) is 1. The van der Waals surface area contributed by atoms with E-state index in [0.717, 1.165) is 18.0 Å². The molecule has 0 radical (unpaired) electrons. The normalized spacial score (nSPS) is 35.3. The van der Waals surface area contributed by atoms with Crippen molar-refractivity contribution in [3.8, 4) is 0 Å². The summed E-state index contributed by atoms with van der Waals surface area (Å²) in [6.45, 7) is 4.87. The second-order valence-electron chi connectivity index (χ2n) is 4.94. The summed E-state index contributed by atoms with van der Waals surface area (Å²) in [6, 6.07) is 1.47. The fourth-order valence-electron chi connectivity index (χ4n) is 2.66. The summed E-state index contributed by atoms with van der Waals surface area (Å²) >= 11 is 0. The Morgan fingerprint density at radius 1 is 1.29 bits per heavy atom. The molecule has 1 saturated heterocycles. The summed E-state index contributed by atoms with van der Waals surface area (Å²) in [5.74, 6) is 0.800. The minimum atomic E-state index is 0.728. The molecular formula is C12H22N2. The first-order valence-electron chi connectivity index (χ1n) is 5.85. The number of hydrogen-bond acceptors (Lipinski definition) is 2. The van der Waals surface area contributed by atoms with Crippen LogP contribution < -0.4 is 5.32 Å². The van der Waals surface area contributed by atoms with Crippen molar-refractivity contribution in [2.75, 3.05) is 20.1 Å². The van der Waals surface area contributed by atoms with Crippen LogP contribution in [0.2, 0.25) is 0 Å². The zero-order chi connectivity index (χ0) is 9.97. The number of likely N-dealkylation sites (tertiary alicyclic amines) is 1. The van der Waals surface area contributed by atoms with Crippen LogP contribution in [0, 0.1) is 5.92 Å². The van der Waals surface area contributed by atoms with E-state index in [-0.39, 0.29) is 0 Å². The zero-order valence-electron chi connectivity index (χ0n) is 9.37. The molecule has 0 aromatic heterocycles. The quantitative estimate of drug-likeness (QED) is 0.672. The van der Waals surface area contributed by atoms with E-state index in [2.05, 4.69) is 36.3 Å². The third kappa shape index (κ3) is 2.37. The highest BCUT2D eigenvalue weighted by atomic mass is 15.1. The molecule has 0 aromatic carbocycles. The second-order valence-corrected chi connectivity index (χ2v) is 4.94. The third-order valence-corrected chi connectivity index (χ3v) is 3.57. The summed E-state index contributed by atoms with van der Waals surface area (Å²) in [7, 11) is 2.23. The third-order valence-electron chi connectivity index (χ3n) is 3.57. The molecule has 0 saturated carbocycles. The summed E-state index contributed by atoms with van der Waals surface area (Å²) in [5, 5.41) is 3.80. The average molecular weight is 194 g/mol. The van der Waals surface area contributed by atoms with E-state index in [4.69, 9.17) is 0 Å². The van der Waals surface area contributed by atoms with Gasteiger partial charge < -0.3 is 10.2 Å². The van der Waals surface area contributed by atoms with E-state index in [1.54, 1.807) is 0 Å². The molecule has 1 heterocycles. The molecule has 1 fully saturated rings. The van der Waals surface area contributed by atoms with Crippen molar-refractivity contribution in [2.45, 2.75) is 38.3 Å². The SMILES string of the molecule is CC1CN(C)CCC1NC1CC=CC1. The maximum atomic E-state index is 3.80. The van der Waals surface area contributed by atoms with Crippen LogP contribution in [-0.2, 0) is 0 Å². The van der Waals surface area contributed by atoms with Crippen LogP contribution in [0.3, 0.4) is 0 Å². The van der Waals surface area contributed by atoms with Gasteiger partial charge >= 0.3 is 0 Å². The van der Waals surface area contributed by atoms with Gasteiger partial charge in [0.05, 0.1) is 0 Å². The summed E-state index contributed by atoms with van der Waals surface area (Å²) < 4.78 is 0. The standard InChI is InChI=1S/C12H22N2/c1-10-9-14(2)8-7-12(10)13-11-5-3-4-6-11/h3-4,10-13H,5-9H2,1-2H3. The minimum absolute atomic E-state index is 0.728. The van der Waals surface area contributed by atoms with Gasteiger partial charge in [-0.2, -0.15) is 0 Å². The van der Waals surface area contributed by atoms with Crippen LogP contribution in [0.15, 0.2) is 12.2 Å². The highest BCUT2D eigenvalue weighted by Crippen LogP contribution is 2.18. The molecular weight excluding hydrogens is 172 g/mol. The van der Waals surface area contributed by atoms with E-state index in [1.165, 1.54) is 32.4 Å². The Kier molecular flexibility index (Phi) is 3.24. The summed E-state index contributed by atoms with van der Waals surface area (Å²) in [5.41, 5.74) is 0. The number of rotatable bonds is 2. The van der Waals surface area contributed by atoms with Crippen molar-refractivity contribution in [1.29, 1.82) is 0 Å². The van der Waals surface area contributed by atoms with Crippen molar-refractivity contribution in [3.63, 3.8) is 0 Å². The van der Waals surface area contributed by atoms with Crippen LogP contribution in [0.25, 0.3) is 0 Å². The van der Waals surface area contributed by atoms with Crippen molar-refractivity contribution < 1.29 is 0 Å². The molecule has 0 spiro atoms. The predicted octanol–water partition coefficient (Wildman–Crippen LogP) is 1.63. The first-order valence-corrected chi connectivity index (χ1v) is 5.85. The Hall–Kier alpha value is -0.340. The van der Waals surface area contributed by atoms with Crippen molar-refractivity contribution in [2.24, 2.45) is 5.92 Å². The number of hydrogen-bond donors (Lipinski definition) is 1. The van der Waals surface area contributed by atoms with Crippen molar-refractivity contribution in [1.82, 2.24) is 10.2 Å². The van der Waals surface area contributed by atoms with Gasteiger partial charge in [0, 0.05) is 18.6 Å². The molecule has 80 valence electrons. The molecule has 2 rings (SSSR count). The molecule has 2 unspecified atom stereocenters. The van der Waals surface area contributed by atoms with E-state index in [9.17, 15) is 0 Å². The Morgan fingerprint density at radius 2 is 2.00 bits per heavy atom. The predicted molar refractivity (Wildman–Crippen MR) is 60.4 cm³/mol. The van der Waals surface area contributed by atoms with E-state index >= 15 is 0 Å². The van der Waals surface area contributed by atoms with Crippen LogP contribution in [-0.4, -0.2) is 37.1 Å². The minimum Gasteiger partial charge on any atom is -0.310 e. The fourth-order valence-corrected chi connectivity index (χ4v) is 2.66. The zero-order valence-corrected chi connectivity index (χ0v) is 9.37. The van der Waals surface area contributed by atoms with Gasteiger partial charge in [-0.1, -0.05) is 19.1 Å². The Morgan fingerprint density at radius 3 is 2.64 bits per heavy atom. The smallest absolute Gasteiger partial charge is 0.0139 e. The molecule has 14 heavy (non-hydrogen) atoms. The Balaban J connectivity index is 1.79. The van der Waals surface area contributed by atoms with E-state index < -0.39 is 0 Å². The van der Waals surface area contributed by atoms with Crippen LogP contribution in [0.4, 0.5) is 0 Å². The maximum absolute atomic E-state index is 3.80. The van der Waals surface area contributed by atoms with Gasteiger partial charge in [-0.05, 0) is 38.8 Å². The largest absolute Gasteiger partial charge is 0.310 e. The topological polar surface area (TPSA) is 15.3 Å². The molecule has 1 N–H and O–H groups in total. The number of piperidine rings is 1. The van der Waals surface area contributed by atoms with Crippen LogP contribution >= 0.6 is 0 Å². The molecule has 2 aliphatic rings. The van der Waals surface area contributed by atoms with Gasteiger partial charge in [0.15, 0.2) is 0 Å². The summed E-state index contributed by atoms with van der Waals surface area (Å²) in [4.78, 5) is 2.44. The van der Waals surface area contributed by atoms with Crippen LogP contribution in [0.5, 0.6) is 0 Å². The van der Waals surface area contributed by atoms with Crippen molar-refractivity contribution >= 4 is 0 Å². The molecule has 2 heteroatoms. The van der Waals surface area contributed by atoms with E-state index in [1.807, 2.05) is 0 Å². The lowest BCUT2D eigenvalue weighted by Gasteiger charge is -2.36. The Bertz CT molecular complexity index is 204. The Labute approximate surface area is 87.4 Å². The number of nitrogens with one attached hydrogen (secondary N) is 1. The molecule has 1 aliphatic carbocycles. The molecule has 2 nitrogen and oxygen atoms in total. The molecule has 0 amide bonds. The monoisotopic (exact) mass is 194 g/mol. The highest BCUT2D eigenvalue weighted by molar-refractivity contribution is 4.99. The summed E-state index contributed by atoms with van der Waals surface area (Å²) in [6.07, 6.45) is 8.39.